The summed E-state index contributed by atoms with van der Waals surface area (Å²) in [6, 6.07) is 6.26. The molecule has 0 bridgehead atoms. The highest BCUT2D eigenvalue weighted by Crippen LogP contribution is 2.24. The molecule has 1 aromatic carbocycles. The summed E-state index contributed by atoms with van der Waals surface area (Å²) >= 11 is 0. The minimum absolute atomic E-state index is 0.118. The standard InChI is InChI=1S/C18H24N2O3/c1-12-6-5-7-16(13(12)2)19-8-10-20(11-9-19)17(21)14(3)15(4)18(22)23/h5-7H,8-11H2,1-4H3,(H,22,23)/b15-14-. The summed E-state index contributed by atoms with van der Waals surface area (Å²) in [4.78, 5) is 27.4. The lowest BCUT2D eigenvalue weighted by Gasteiger charge is -2.37. The molecule has 1 N–H and O–H groups in total. The number of anilines is 1. The van der Waals surface area contributed by atoms with Gasteiger partial charge < -0.3 is 14.9 Å². The lowest BCUT2D eigenvalue weighted by atomic mass is 10.1. The maximum absolute atomic E-state index is 12.4. The van der Waals surface area contributed by atoms with Crippen LogP contribution in [0.2, 0.25) is 0 Å². The summed E-state index contributed by atoms with van der Waals surface area (Å²) in [5, 5.41) is 9.01. The average Bonchev–Trinajstić information content (AvgIpc) is 2.55. The minimum Gasteiger partial charge on any atom is -0.478 e. The predicted octanol–water partition coefficient (Wildman–Crippen LogP) is 2.37. The van der Waals surface area contributed by atoms with Crippen LogP contribution in [0.25, 0.3) is 0 Å². The third-order valence-corrected chi connectivity index (χ3v) is 4.69. The number of aryl methyl sites for hydroxylation is 1. The molecule has 23 heavy (non-hydrogen) atoms. The number of benzene rings is 1. The van der Waals surface area contributed by atoms with E-state index in [1.807, 2.05) is 0 Å². The monoisotopic (exact) mass is 316 g/mol. The molecular weight excluding hydrogens is 292 g/mol. The first-order valence-electron chi connectivity index (χ1n) is 7.84. The summed E-state index contributed by atoms with van der Waals surface area (Å²) in [7, 11) is 0. The van der Waals surface area contributed by atoms with Crippen molar-refractivity contribution >= 4 is 17.6 Å². The van der Waals surface area contributed by atoms with E-state index in [1.54, 1.807) is 11.8 Å². The second-order valence-corrected chi connectivity index (χ2v) is 6.05. The summed E-state index contributed by atoms with van der Waals surface area (Å²) in [6.45, 7) is 10.0. The quantitative estimate of drug-likeness (QED) is 0.870. The number of nitrogens with zero attached hydrogens (tertiary/aromatic N) is 2. The van der Waals surface area contributed by atoms with Crippen molar-refractivity contribution in [1.82, 2.24) is 4.90 Å². The Kier molecular flexibility index (Phi) is 5.08. The molecular formula is C18H24N2O3. The topological polar surface area (TPSA) is 60.9 Å². The fourth-order valence-corrected chi connectivity index (χ4v) is 2.79. The molecule has 1 fully saturated rings. The van der Waals surface area contributed by atoms with E-state index < -0.39 is 5.97 Å². The molecule has 2 rings (SSSR count). The van der Waals surface area contributed by atoms with Gasteiger partial charge in [-0.15, -0.1) is 0 Å². The Labute approximate surface area is 137 Å². The predicted molar refractivity (Wildman–Crippen MR) is 90.7 cm³/mol. The minimum atomic E-state index is -1.04. The maximum atomic E-state index is 12.4. The average molecular weight is 316 g/mol. The summed E-state index contributed by atoms with van der Waals surface area (Å²) in [5.74, 6) is -1.21. The molecule has 0 saturated carbocycles. The molecule has 0 atom stereocenters. The van der Waals surface area contributed by atoms with E-state index >= 15 is 0 Å². The molecule has 124 valence electrons. The van der Waals surface area contributed by atoms with Crippen LogP contribution in [-0.4, -0.2) is 48.1 Å². The van der Waals surface area contributed by atoms with Crippen LogP contribution in [0.15, 0.2) is 29.3 Å². The molecule has 5 nitrogen and oxygen atoms in total. The second kappa shape index (κ2) is 6.86. The molecule has 1 aliphatic rings. The Hall–Kier alpha value is -2.30. The Morgan fingerprint density at radius 2 is 1.61 bits per heavy atom. The van der Waals surface area contributed by atoms with Gasteiger partial charge in [0.1, 0.15) is 0 Å². The van der Waals surface area contributed by atoms with Crippen LogP contribution in [0.5, 0.6) is 0 Å². The highest BCUT2D eigenvalue weighted by molar-refractivity contribution is 6.01. The number of hydrogen-bond acceptors (Lipinski definition) is 3. The molecule has 0 unspecified atom stereocenters. The van der Waals surface area contributed by atoms with Crippen molar-refractivity contribution in [3.8, 4) is 0 Å². The molecule has 0 aromatic heterocycles. The Bertz CT molecular complexity index is 656. The number of piperazine rings is 1. The number of carbonyl (C=O) groups is 2. The highest BCUT2D eigenvalue weighted by Gasteiger charge is 2.24. The molecule has 1 aromatic rings. The molecule has 0 spiro atoms. The molecule has 1 saturated heterocycles. The van der Waals surface area contributed by atoms with Crippen molar-refractivity contribution in [3.63, 3.8) is 0 Å². The Morgan fingerprint density at radius 1 is 1.00 bits per heavy atom. The van der Waals surface area contributed by atoms with Gasteiger partial charge >= 0.3 is 5.97 Å². The van der Waals surface area contributed by atoms with Crippen molar-refractivity contribution in [2.24, 2.45) is 0 Å². The molecule has 0 radical (unpaired) electrons. The van der Waals surface area contributed by atoms with Gasteiger partial charge in [-0.25, -0.2) is 4.79 Å². The van der Waals surface area contributed by atoms with Crippen molar-refractivity contribution in [2.45, 2.75) is 27.7 Å². The normalized spacial score (nSPS) is 16.2. The lowest BCUT2D eigenvalue weighted by molar-refractivity contribution is -0.134. The van der Waals surface area contributed by atoms with Gasteiger partial charge in [-0.2, -0.15) is 0 Å². The van der Waals surface area contributed by atoms with E-state index in [9.17, 15) is 9.59 Å². The lowest BCUT2D eigenvalue weighted by Crippen LogP contribution is -2.49. The summed E-state index contributed by atoms with van der Waals surface area (Å²) < 4.78 is 0. The molecule has 5 heteroatoms. The summed E-state index contributed by atoms with van der Waals surface area (Å²) in [6.07, 6.45) is 0. The van der Waals surface area contributed by atoms with E-state index in [1.165, 1.54) is 23.7 Å². The van der Waals surface area contributed by atoms with Gasteiger partial charge in [0.2, 0.25) is 5.91 Å². The van der Waals surface area contributed by atoms with Gasteiger partial charge in [0, 0.05) is 43.0 Å². The molecule has 1 amide bonds. The van der Waals surface area contributed by atoms with Crippen LogP contribution in [0.1, 0.15) is 25.0 Å². The number of aliphatic carboxylic acids is 1. The van der Waals surface area contributed by atoms with Gasteiger partial charge in [-0.05, 0) is 44.9 Å². The smallest absolute Gasteiger partial charge is 0.331 e. The third-order valence-electron chi connectivity index (χ3n) is 4.69. The van der Waals surface area contributed by atoms with Crippen molar-refractivity contribution in [2.75, 3.05) is 31.1 Å². The number of carbonyl (C=O) groups excluding carboxylic acids is 1. The molecule has 1 aliphatic heterocycles. The fourth-order valence-electron chi connectivity index (χ4n) is 2.79. The van der Waals surface area contributed by atoms with E-state index in [4.69, 9.17) is 5.11 Å². The first kappa shape index (κ1) is 17.1. The van der Waals surface area contributed by atoms with Crippen LogP contribution in [-0.2, 0) is 9.59 Å². The van der Waals surface area contributed by atoms with Gasteiger partial charge in [-0.1, -0.05) is 12.1 Å². The van der Waals surface area contributed by atoms with Crippen molar-refractivity contribution < 1.29 is 14.7 Å². The first-order chi connectivity index (χ1) is 10.8. The highest BCUT2D eigenvalue weighted by atomic mass is 16.4. The molecule has 1 heterocycles. The Balaban J connectivity index is 2.07. The van der Waals surface area contributed by atoms with E-state index in [-0.39, 0.29) is 11.5 Å². The number of carboxylic acid groups (broad SMARTS) is 1. The van der Waals surface area contributed by atoms with Gasteiger partial charge in [0.05, 0.1) is 0 Å². The molecule has 0 aliphatic carbocycles. The Morgan fingerprint density at radius 3 is 2.17 bits per heavy atom. The number of amides is 1. The zero-order chi connectivity index (χ0) is 17.1. The number of hydrogen-bond donors (Lipinski definition) is 1. The van der Waals surface area contributed by atoms with Crippen LogP contribution in [0, 0.1) is 13.8 Å². The van der Waals surface area contributed by atoms with Gasteiger partial charge in [-0.3, -0.25) is 4.79 Å². The second-order valence-electron chi connectivity index (χ2n) is 6.05. The largest absolute Gasteiger partial charge is 0.478 e. The van der Waals surface area contributed by atoms with E-state index in [2.05, 4.69) is 36.9 Å². The number of carboxylic acids is 1. The van der Waals surface area contributed by atoms with Crippen LogP contribution in [0.4, 0.5) is 5.69 Å². The third kappa shape index (κ3) is 3.55. The van der Waals surface area contributed by atoms with E-state index in [0.29, 0.717) is 18.7 Å². The van der Waals surface area contributed by atoms with E-state index in [0.717, 1.165) is 13.1 Å². The first-order valence-corrected chi connectivity index (χ1v) is 7.84. The SMILES string of the molecule is C/C(C(=O)O)=C(\C)C(=O)N1CCN(c2cccc(C)c2C)CC1. The van der Waals surface area contributed by atoms with Crippen molar-refractivity contribution in [1.29, 1.82) is 0 Å². The zero-order valence-electron chi connectivity index (χ0n) is 14.2. The van der Waals surface area contributed by atoms with Crippen LogP contribution in [0.3, 0.4) is 0 Å². The van der Waals surface area contributed by atoms with Crippen LogP contribution >= 0.6 is 0 Å². The van der Waals surface area contributed by atoms with Crippen LogP contribution < -0.4 is 4.90 Å². The zero-order valence-corrected chi connectivity index (χ0v) is 14.2. The summed E-state index contributed by atoms with van der Waals surface area (Å²) in [5.41, 5.74) is 4.18. The fraction of sp³-hybridized carbons (Fsp3) is 0.444. The van der Waals surface area contributed by atoms with Gasteiger partial charge in [0.25, 0.3) is 0 Å². The van der Waals surface area contributed by atoms with Crippen molar-refractivity contribution in [3.05, 3.63) is 40.5 Å². The maximum Gasteiger partial charge on any atom is 0.331 e. The number of rotatable bonds is 3. The van der Waals surface area contributed by atoms with Gasteiger partial charge in [0.15, 0.2) is 0 Å².